The topological polar surface area (TPSA) is 34.9 Å². The van der Waals surface area contributed by atoms with Gasteiger partial charge in [0.25, 0.3) is 5.56 Å². The van der Waals surface area contributed by atoms with Crippen LogP contribution in [0.3, 0.4) is 0 Å². The van der Waals surface area contributed by atoms with Crippen LogP contribution in [0.5, 0.6) is 0 Å². The summed E-state index contributed by atoms with van der Waals surface area (Å²) in [6, 6.07) is 1.85. The molecular weight excluding hydrogens is 291 g/mol. The minimum atomic E-state index is -0.126. The highest BCUT2D eigenvalue weighted by atomic mass is 79.9. The van der Waals surface area contributed by atoms with Gasteiger partial charge >= 0.3 is 0 Å². The summed E-state index contributed by atoms with van der Waals surface area (Å²) in [6.07, 6.45) is 0. The number of hydrogen-bond acceptors (Lipinski definition) is 2. The summed E-state index contributed by atoms with van der Waals surface area (Å²) in [5, 5.41) is 0.781. The summed E-state index contributed by atoms with van der Waals surface area (Å²) in [5.41, 5.74) is 2.62. The molecule has 84 valence electrons. The Morgan fingerprint density at radius 1 is 1.44 bits per heavy atom. The Hall–Kier alpha value is -0.870. The van der Waals surface area contributed by atoms with E-state index in [-0.39, 0.29) is 10.8 Å². The molecule has 0 bridgehead atoms. The molecule has 3 nitrogen and oxygen atoms in total. The number of nitrogens with zero attached hydrogens (tertiary/aromatic N) is 2. The number of hydrogen-bond donors (Lipinski definition) is 0. The van der Waals surface area contributed by atoms with E-state index in [4.69, 9.17) is 11.6 Å². The fourth-order valence-corrected chi connectivity index (χ4v) is 2.34. The van der Waals surface area contributed by atoms with Gasteiger partial charge in [0, 0.05) is 11.5 Å². The lowest BCUT2D eigenvalue weighted by atomic mass is 10.1. The standard InChI is InChI=1S/C11H10BrClN2O/c1-5-4-7-9(8(12)6(5)2)14-11(13)15(3)10(7)16/h4H,1-3H3. The van der Waals surface area contributed by atoms with Crippen molar-refractivity contribution in [3.05, 3.63) is 37.3 Å². The third-order valence-electron chi connectivity index (χ3n) is 2.76. The molecule has 2 rings (SSSR count). The first-order valence-electron chi connectivity index (χ1n) is 4.75. The highest BCUT2D eigenvalue weighted by Crippen LogP contribution is 2.27. The van der Waals surface area contributed by atoms with Gasteiger partial charge in [-0.15, -0.1) is 0 Å². The Kier molecular flexibility index (Phi) is 2.80. The lowest BCUT2D eigenvalue weighted by molar-refractivity contribution is 0.843. The molecule has 0 aliphatic rings. The van der Waals surface area contributed by atoms with Crippen molar-refractivity contribution in [2.24, 2.45) is 7.05 Å². The molecule has 0 saturated heterocycles. The fourth-order valence-electron chi connectivity index (χ4n) is 1.57. The van der Waals surface area contributed by atoms with Crippen molar-refractivity contribution >= 4 is 38.4 Å². The van der Waals surface area contributed by atoms with E-state index < -0.39 is 0 Å². The van der Waals surface area contributed by atoms with E-state index in [1.165, 1.54) is 4.57 Å². The summed E-state index contributed by atoms with van der Waals surface area (Å²) in [5.74, 6) is 0. The van der Waals surface area contributed by atoms with Gasteiger partial charge in [-0.05, 0) is 58.6 Å². The zero-order chi connectivity index (χ0) is 12.0. The van der Waals surface area contributed by atoms with E-state index in [2.05, 4.69) is 20.9 Å². The van der Waals surface area contributed by atoms with Gasteiger partial charge in [0.15, 0.2) is 0 Å². The van der Waals surface area contributed by atoms with Crippen molar-refractivity contribution in [2.75, 3.05) is 0 Å². The van der Waals surface area contributed by atoms with E-state index in [0.717, 1.165) is 15.6 Å². The highest BCUT2D eigenvalue weighted by Gasteiger charge is 2.12. The third kappa shape index (κ3) is 1.57. The zero-order valence-electron chi connectivity index (χ0n) is 9.14. The number of aryl methyl sites for hydroxylation is 1. The van der Waals surface area contributed by atoms with Gasteiger partial charge in [0.2, 0.25) is 5.28 Å². The van der Waals surface area contributed by atoms with Crippen LogP contribution in [0.4, 0.5) is 0 Å². The number of rotatable bonds is 0. The number of halogens is 2. The van der Waals surface area contributed by atoms with E-state index in [1.54, 1.807) is 7.05 Å². The molecule has 0 unspecified atom stereocenters. The maximum absolute atomic E-state index is 12.0. The van der Waals surface area contributed by atoms with Crippen LogP contribution < -0.4 is 5.56 Å². The molecular formula is C11H10BrClN2O. The number of fused-ring (bicyclic) bond motifs is 1. The predicted octanol–water partition coefficient (Wildman–Crippen LogP) is 2.97. The molecule has 0 N–H and O–H groups in total. The Morgan fingerprint density at radius 2 is 2.06 bits per heavy atom. The van der Waals surface area contributed by atoms with Crippen LogP contribution >= 0.6 is 27.5 Å². The second-order valence-electron chi connectivity index (χ2n) is 3.77. The fraction of sp³-hybridized carbons (Fsp3) is 0.273. The first kappa shape index (κ1) is 11.6. The zero-order valence-corrected chi connectivity index (χ0v) is 11.5. The molecule has 5 heteroatoms. The van der Waals surface area contributed by atoms with Crippen LogP contribution in [0.25, 0.3) is 10.9 Å². The molecule has 0 atom stereocenters. The molecule has 0 aliphatic heterocycles. The van der Waals surface area contributed by atoms with Crippen LogP contribution in [0.1, 0.15) is 11.1 Å². The maximum Gasteiger partial charge on any atom is 0.262 e. The Labute approximate surface area is 106 Å². The van der Waals surface area contributed by atoms with E-state index in [0.29, 0.717) is 10.9 Å². The minimum absolute atomic E-state index is 0.126. The van der Waals surface area contributed by atoms with Gasteiger partial charge in [0.05, 0.1) is 10.9 Å². The second-order valence-corrected chi connectivity index (χ2v) is 4.90. The minimum Gasteiger partial charge on any atom is -0.286 e. The van der Waals surface area contributed by atoms with Gasteiger partial charge in [-0.1, -0.05) is 0 Å². The summed E-state index contributed by atoms with van der Waals surface area (Å²) in [6.45, 7) is 3.94. The molecule has 0 radical (unpaired) electrons. The van der Waals surface area contributed by atoms with Crippen molar-refractivity contribution in [1.29, 1.82) is 0 Å². The number of benzene rings is 1. The van der Waals surface area contributed by atoms with Gasteiger partial charge in [-0.2, -0.15) is 0 Å². The average molecular weight is 302 g/mol. The monoisotopic (exact) mass is 300 g/mol. The molecule has 0 aliphatic carbocycles. The van der Waals surface area contributed by atoms with Crippen molar-refractivity contribution < 1.29 is 0 Å². The molecule has 0 spiro atoms. The van der Waals surface area contributed by atoms with Crippen molar-refractivity contribution in [1.82, 2.24) is 9.55 Å². The molecule has 0 saturated carbocycles. The van der Waals surface area contributed by atoms with Gasteiger partial charge in [-0.25, -0.2) is 4.98 Å². The molecule has 2 aromatic rings. The third-order valence-corrected chi connectivity index (χ3v) is 4.07. The first-order chi connectivity index (χ1) is 7.43. The van der Waals surface area contributed by atoms with E-state index >= 15 is 0 Å². The van der Waals surface area contributed by atoms with Crippen molar-refractivity contribution in [2.45, 2.75) is 13.8 Å². The van der Waals surface area contributed by atoms with Crippen molar-refractivity contribution in [3.63, 3.8) is 0 Å². The first-order valence-corrected chi connectivity index (χ1v) is 5.92. The second kappa shape index (κ2) is 3.86. The highest BCUT2D eigenvalue weighted by molar-refractivity contribution is 9.10. The molecule has 1 heterocycles. The Bertz CT molecular complexity index is 649. The summed E-state index contributed by atoms with van der Waals surface area (Å²) in [4.78, 5) is 16.2. The smallest absolute Gasteiger partial charge is 0.262 e. The maximum atomic E-state index is 12.0. The van der Waals surface area contributed by atoms with Gasteiger partial charge < -0.3 is 0 Å². The largest absolute Gasteiger partial charge is 0.286 e. The normalized spacial score (nSPS) is 11.1. The molecule has 0 fully saturated rings. The lowest BCUT2D eigenvalue weighted by Gasteiger charge is -2.09. The van der Waals surface area contributed by atoms with Crippen LogP contribution in [0.2, 0.25) is 5.28 Å². The van der Waals surface area contributed by atoms with Crippen LogP contribution in [-0.2, 0) is 7.05 Å². The summed E-state index contributed by atoms with van der Waals surface area (Å²) < 4.78 is 2.17. The van der Waals surface area contributed by atoms with Crippen LogP contribution in [0.15, 0.2) is 15.3 Å². The van der Waals surface area contributed by atoms with E-state index in [1.807, 2.05) is 19.9 Å². The van der Waals surface area contributed by atoms with Gasteiger partial charge in [0.1, 0.15) is 0 Å². The Morgan fingerprint density at radius 3 is 2.69 bits per heavy atom. The van der Waals surface area contributed by atoms with Gasteiger partial charge in [-0.3, -0.25) is 9.36 Å². The SMILES string of the molecule is Cc1cc2c(=O)n(C)c(Cl)nc2c(Br)c1C. The quantitative estimate of drug-likeness (QED) is 0.701. The van der Waals surface area contributed by atoms with Crippen molar-refractivity contribution in [3.8, 4) is 0 Å². The lowest BCUT2D eigenvalue weighted by Crippen LogP contribution is -2.19. The number of aromatic nitrogens is 2. The van der Waals surface area contributed by atoms with E-state index in [9.17, 15) is 4.79 Å². The molecule has 1 aromatic heterocycles. The molecule has 1 aromatic carbocycles. The van der Waals surface area contributed by atoms with Crippen LogP contribution in [-0.4, -0.2) is 9.55 Å². The van der Waals surface area contributed by atoms with Crippen LogP contribution in [0, 0.1) is 13.8 Å². The predicted molar refractivity (Wildman–Crippen MR) is 69.2 cm³/mol. The molecule has 0 amide bonds. The average Bonchev–Trinajstić information content (AvgIpc) is 2.25. The summed E-state index contributed by atoms with van der Waals surface area (Å²) in [7, 11) is 1.61. The summed E-state index contributed by atoms with van der Waals surface area (Å²) >= 11 is 9.34. The molecule has 16 heavy (non-hydrogen) atoms. The Balaban J connectivity index is 3.09.